The summed E-state index contributed by atoms with van der Waals surface area (Å²) >= 11 is 0. The lowest BCUT2D eigenvalue weighted by Crippen LogP contribution is -2.39. The lowest BCUT2D eigenvalue weighted by Gasteiger charge is -2.23. The summed E-state index contributed by atoms with van der Waals surface area (Å²) in [5.41, 5.74) is 2.06. The summed E-state index contributed by atoms with van der Waals surface area (Å²) in [6.45, 7) is 7.08. The fraction of sp³-hybridized carbons (Fsp3) is 0.233. The zero-order valence-corrected chi connectivity index (χ0v) is 21.2. The predicted octanol–water partition coefficient (Wildman–Crippen LogP) is 5.86. The molecule has 7 nitrogen and oxygen atoms in total. The lowest BCUT2D eigenvalue weighted by molar-refractivity contribution is -0.137. The van der Waals surface area contributed by atoms with Gasteiger partial charge in [-0.2, -0.15) is 0 Å². The quantitative estimate of drug-likeness (QED) is 0.203. The Morgan fingerprint density at radius 2 is 1.59 bits per heavy atom. The number of nitrogens with one attached hydrogen (secondary N) is 1. The largest absolute Gasteiger partial charge is 0.444 e. The van der Waals surface area contributed by atoms with Crippen molar-refractivity contribution in [1.29, 1.82) is 0 Å². The van der Waals surface area contributed by atoms with Crippen LogP contribution in [0, 0.1) is 6.92 Å². The predicted molar refractivity (Wildman–Crippen MR) is 141 cm³/mol. The molecule has 190 valence electrons. The molecule has 0 saturated heterocycles. The maximum Gasteiger partial charge on any atom is 0.408 e. The van der Waals surface area contributed by atoms with Gasteiger partial charge in [-0.25, -0.2) is 14.4 Å². The van der Waals surface area contributed by atoms with Crippen LogP contribution in [0.15, 0.2) is 88.1 Å². The van der Waals surface area contributed by atoms with Crippen molar-refractivity contribution in [2.75, 3.05) is 0 Å². The molecule has 0 saturated carbocycles. The summed E-state index contributed by atoms with van der Waals surface area (Å²) in [4.78, 5) is 38.4. The van der Waals surface area contributed by atoms with Gasteiger partial charge < -0.3 is 19.2 Å². The van der Waals surface area contributed by atoms with Crippen molar-refractivity contribution in [3.8, 4) is 5.75 Å². The van der Waals surface area contributed by atoms with Crippen molar-refractivity contribution >= 4 is 23.0 Å². The highest BCUT2D eigenvalue weighted by molar-refractivity contribution is 5.86. The summed E-state index contributed by atoms with van der Waals surface area (Å²) in [7, 11) is 0. The Kier molecular flexibility index (Phi) is 7.43. The second kappa shape index (κ2) is 10.7. The smallest absolute Gasteiger partial charge is 0.408 e. The molecule has 0 aliphatic heterocycles. The molecule has 1 N–H and O–H groups in total. The third-order valence-corrected chi connectivity index (χ3v) is 5.73. The second-order valence-corrected chi connectivity index (χ2v) is 9.72. The number of benzene rings is 3. The van der Waals surface area contributed by atoms with Gasteiger partial charge in [-0.05, 0) is 56.5 Å². The number of carbonyl (C=O) groups is 2. The van der Waals surface area contributed by atoms with Gasteiger partial charge in [0.1, 0.15) is 16.9 Å². The van der Waals surface area contributed by atoms with E-state index in [0.29, 0.717) is 23.1 Å². The highest BCUT2D eigenvalue weighted by atomic mass is 16.6. The van der Waals surface area contributed by atoms with E-state index in [2.05, 4.69) is 5.32 Å². The molecule has 0 unspecified atom stereocenters. The van der Waals surface area contributed by atoms with Crippen LogP contribution in [0.2, 0.25) is 0 Å². The van der Waals surface area contributed by atoms with E-state index in [1.165, 1.54) is 6.07 Å². The van der Waals surface area contributed by atoms with Crippen molar-refractivity contribution in [3.05, 3.63) is 112 Å². The van der Waals surface area contributed by atoms with E-state index in [1.807, 2.05) is 37.3 Å². The molecule has 0 radical (unpaired) electrons. The number of esters is 1. The third-order valence-electron chi connectivity index (χ3n) is 5.73. The fourth-order valence-corrected chi connectivity index (χ4v) is 3.97. The highest BCUT2D eigenvalue weighted by Gasteiger charge is 2.27. The SMILES string of the molecule is Cc1c(Cc2ccccc2)c(=O)oc2cc(OC(=O)[C@H](NC(=O)OC(C)(C)C)c3ccccc3)ccc12. The number of hydrogen-bond acceptors (Lipinski definition) is 6. The third kappa shape index (κ3) is 6.44. The number of alkyl carbamates (subject to hydrolysis) is 1. The number of rotatable bonds is 6. The molecule has 0 bridgehead atoms. The second-order valence-electron chi connectivity index (χ2n) is 9.72. The van der Waals surface area contributed by atoms with Crippen LogP contribution in [0.5, 0.6) is 5.75 Å². The van der Waals surface area contributed by atoms with Crippen LogP contribution in [0.4, 0.5) is 4.79 Å². The molecule has 37 heavy (non-hydrogen) atoms. The molecule has 1 aromatic heterocycles. The van der Waals surface area contributed by atoms with Gasteiger partial charge >= 0.3 is 17.7 Å². The normalized spacial score (nSPS) is 12.1. The standard InChI is InChI=1S/C30H29NO6/c1-19-23-16-15-22(18-25(23)36-27(32)24(19)17-20-11-7-5-8-12-20)35-28(33)26(21-13-9-6-10-14-21)31-29(34)37-30(2,3)4/h5-16,18,26H,17H2,1-4H3,(H,31,34)/t26-/m1/s1. The van der Waals surface area contributed by atoms with Crippen LogP contribution in [0.3, 0.4) is 0 Å². The molecule has 0 aliphatic carbocycles. The van der Waals surface area contributed by atoms with E-state index < -0.39 is 29.3 Å². The number of amides is 1. The van der Waals surface area contributed by atoms with Gasteiger partial charge in [-0.1, -0.05) is 60.7 Å². The number of ether oxygens (including phenoxy) is 2. The molecular weight excluding hydrogens is 470 g/mol. The molecular formula is C30H29NO6. The van der Waals surface area contributed by atoms with Gasteiger partial charge in [0.2, 0.25) is 0 Å². The molecule has 3 aromatic carbocycles. The van der Waals surface area contributed by atoms with E-state index in [4.69, 9.17) is 13.9 Å². The first-order valence-corrected chi connectivity index (χ1v) is 12.0. The summed E-state index contributed by atoms with van der Waals surface area (Å²) < 4.78 is 16.5. The Morgan fingerprint density at radius 3 is 2.24 bits per heavy atom. The van der Waals surface area contributed by atoms with Gasteiger partial charge in [-0.3, -0.25) is 0 Å². The summed E-state index contributed by atoms with van der Waals surface area (Å²) in [6, 6.07) is 22.2. The van der Waals surface area contributed by atoms with Crippen molar-refractivity contribution < 1.29 is 23.5 Å². The van der Waals surface area contributed by atoms with Gasteiger partial charge in [0.15, 0.2) is 6.04 Å². The maximum absolute atomic E-state index is 13.2. The molecule has 0 aliphatic rings. The van der Waals surface area contributed by atoms with Crippen LogP contribution in [-0.2, 0) is 16.0 Å². The van der Waals surface area contributed by atoms with Crippen LogP contribution in [-0.4, -0.2) is 17.7 Å². The monoisotopic (exact) mass is 499 g/mol. The summed E-state index contributed by atoms with van der Waals surface area (Å²) in [5.74, 6) is -0.529. The van der Waals surface area contributed by atoms with E-state index >= 15 is 0 Å². The number of carbonyl (C=O) groups excluding carboxylic acids is 2. The van der Waals surface area contributed by atoms with Crippen molar-refractivity contribution in [3.63, 3.8) is 0 Å². The average Bonchev–Trinajstić information content (AvgIpc) is 2.85. The molecule has 4 aromatic rings. The molecule has 1 amide bonds. The first kappa shape index (κ1) is 25.7. The molecule has 7 heteroatoms. The molecule has 4 rings (SSSR count). The molecule has 0 fully saturated rings. The van der Waals surface area contributed by atoms with E-state index in [1.54, 1.807) is 63.2 Å². The van der Waals surface area contributed by atoms with Gasteiger partial charge in [0, 0.05) is 23.4 Å². The van der Waals surface area contributed by atoms with Crippen molar-refractivity contribution in [1.82, 2.24) is 5.32 Å². The summed E-state index contributed by atoms with van der Waals surface area (Å²) in [5, 5.41) is 3.33. The van der Waals surface area contributed by atoms with Gasteiger partial charge in [-0.15, -0.1) is 0 Å². The fourth-order valence-electron chi connectivity index (χ4n) is 3.97. The summed E-state index contributed by atoms with van der Waals surface area (Å²) in [6.07, 6.45) is -0.291. The first-order valence-electron chi connectivity index (χ1n) is 12.0. The minimum absolute atomic E-state index is 0.183. The van der Waals surface area contributed by atoms with Gasteiger partial charge in [0.05, 0.1) is 0 Å². The Bertz CT molecular complexity index is 1470. The van der Waals surface area contributed by atoms with Gasteiger partial charge in [0.25, 0.3) is 0 Å². The Labute approximate surface area is 215 Å². The minimum Gasteiger partial charge on any atom is -0.444 e. The van der Waals surface area contributed by atoms with Crippen LogP contribution in [0.25, 0.3) is 11.0 Å². The number of fused-ring (bicyclic) bond motifs is 1. The van der Waals surface area contributed by atoms with E-state index in [9.17, 15) is 14.4 Å². The average molecular weight is 500 g/mol. The Hall–Kier alpha value is -4.39. The van der Waals surface area contributed by atoms with Crippen LogP contribution < -0.4 is 15.7 Å². The number of hydrogen-bond donors (Lipinski definition) is 1. The topological polar surface area (TPSA) is 94.8 Å². The van der Waals surface area contributed by atoms with E-state index in [-0.39, 0.29) is 5.75 Å². The Morgan fingerprint density at radius 1 is 0.946 bits per heavy atom. The zero-order valence-electron chi connectivity index (χ0n) is 21.2. The van der Waals surface area contributed by atoms with Crippen LogP contribution in [0.1, 0.15) is 49.1 Å². The maximum atomic E-state index is 13.2. The lowest BCUT2D eigenvalue weighted by atomic mass is 10.00. The van der Waals surface area contributed by atoms with Crippen molar-refractivity contribution in [2.45, 2.75) is 45.8 Å². The minimum atomic E-state index is -1.10. The molecule has 0 spiro atoms. The number of aryl methyl sites for hydroxylation is 1. The Balaban J connectivity index is 1.59. The highest BCUT2D eigenvalue weighted by Crippen LogP contribution is 2.26. The van der Waals surface area contributed by atoms with Crippen LogP contribution >= 0.6 is 0 Å². The van der Waals surface area contributed by atoms with E-state index in [0.717, 1.165) is 16.5 Å². The first-order chi connectivity index (χ1) is 17.6. The molecule has 1 atom stereocenters. The molecule has 1 heterocycles. The van der Waals surface area contributed by atoms with Crippen molar-refractivity contribution in [2.24, 2.45) is 0 Å². The zero-order chi connectivity index (χ0) is 26.6.